The third-order valence-electron chi connectivity index (χ3n) is 5.78. The van der Waals surface area contributed by atoms with Crippen LogP contribution in [0.5, 0.6) is 11.5 Å². The third-order valence-corrected chi connectivity index (χ3v) is 6.98. The quantitative estimate of drug-likeness (QED) is 0.709. The van der Waals surface area contributed by atoms with E-state index in [-0.39, 0.29) is 17.9 Å². The number of aryl methyl sites for hydroxylation is 1. The summed E-state index contributed by atoms with van der Waals surface area (Å²) < 4.78 is 11.1. The molecule has 2 aliphatic rings. The maximum absolute atomic E-state index is 12.8. The van der Waals surface area contributed by atoms with Crippen molar-refractivity contribution in [2.24, 2.45) is 0 Å². The summed E-state index contributed by atoms with van der Waals surface area (Å²) in [7, 11) is 3.33. The lowest BCUT2D eigenvalue weighted by Crippen LogP contribution is -2.46. The summed E-state index contributed by atoms with van der Waals surface area (Å²) in [4.78, 5) is 14.7. The van der Waals surface area contributed by atoms with Crippen molar-refractivity contribution < 1.29 is 14.3 Å². The largest absolute Gasteiger partial charge is 0.493 e. The average Bonchev–Trinajstić information content (AvgIpc) is 3.19. The summed E-state index contributed by atoms with van der Waals surface area (Å²) in [6, 6.07) is 16.8. The van der Waals surface area contributed by atoms with Gasteiger partial charge >= 0.3 is 0 Å². The molecule has 1 aromatic heterocycles. The van der Waals surface area contributed by atoms with Gasteiger partial charge in [0.1, 0.15) is 0 Å². The van der Waals surface area contributed by atoms with Gasteiger partial charge < -0.3 is 14.8 Å². The first-order valence-electron chi connectivity index (χ1n) is 9.44. The van der Waals surface area contributed by atoms with Crippen LogP contribution in [0.4, 0.5) is 0 Å². The van der Waals surface area contributed by atoms with Crippen molar-refractivity contribution in [1.82, 2.24) is 5.32 Å². The minimum absolute atomic E-state index is 0.0485. The second-order valence-corrected chi connectivity index (χ2v) is 8.32. The van der Waals surface area contributed by atoms with E-state index in [0.29, 0.717) is 0 Å². The van der Waals surface area contributed by atoms with Crippen LogP contribution in [0.1, 0.15) is 38.7 Å². The zero-order valence-electron chi connectivity index (χ0n) is 15.8. The molecule has 28 heavy (non-hydrogen) atoms. The van der Waals surface area contributed by atoms with E-state index >= 15 is 0 Å². The molecular formula is C23H21NO3S. The zero-order valence-corrected chi connectivity index (χ0v) is 16.6. The van der Waals surface area contributed by atoms with Crippen LogP contribution in [0.3, 0.4) is 0 Å². The van der Waals surface area contributed by atoms with Crippen LogP contribution in [0.15, 0.2) is 48.5 Å². The third kappa shape index (κ3) is 2.61. The topological polar surface area (TPSA) is 47.6 Å². The van der Waals surface area contributed by atoms with Gasteiger partial charge in [0.2, 0.25) is 0 Å². The van der Waals surface area contributed by atoms with Crippen LogP contribution in [0.25, 0.3) is 10.4 Å². The van der Waals surface area contributed by atoms with Gasteiger partial charge in [-0.15, -0.1) is 11.3 Å². The van der Waals surface area contributed by atoms with Crippen molar-refractivity contribution in [3.05, 3.63) is 70.1 Å². The van der Waals surface area contributed by atoms with E-state index in [2.05, 4.69) is 35.6 Å². The number of fused-ring (bicyclic) bond motifs is 5. The van der Waals surface area contributed by atoms with Gasteiger partial charge in [0.15, 0.2) is 11.5 Å². The SMILES string of the molecule is COc1cc2c(cc1OC)[C@@H]1c3cc(-c4ccccc4)sc3C(=O)N[C@H]1CC2. The first-order chi connectivity index (χ1) is 13.7. The zero-order chi connectivity index (χ0) is 19.3. The molecule has 3 aromatic rings. The number of benzene rings is 2. The van der Waals surface area contributed by atoms with E-state index in [4.69, 9.17) is 9.47 Å². The van der Waals surface area contributed by atoms with Crippen LogP contribution in [-0.2, 0) is 6.42 Å². The summed E-state index contributed by atoms with van der Waals surface area (Å²) in [5, 5.41) is 3.25. The standard InChI is InChI=1S/C23H21NO3S/c1-26-18-10-14-8-9-17-21(15(14)11-19(18)27-2)16-12-20(13-6-4-3-5-7-13)28-22(16)23(25)24-17/h3-7,10-12,17,21H,8-9H2,1-2H3,(H,24,25)/t17-,21+/m0/s1. The Hall–Kier alpha value is -2.79. The molecule has 2 atom stereocenters. The number of nitrogens with one attached hydrogen (secondary N) is 1. The van der Waals surface area contributed by atoms with Gasteiger partial charge in [-0.3, -0.25) is 4.79 Å². The molecule has 2 heterocycles. The van der Waals surface area contributed by atoms with Gasteiger partial charge in [-0.25, -0.2) is 0 Å². The first kappa shape index (κ1) is 17.3. The number of thiophene rings is 1. The van der Waals surface area contributed by atoms with Gasteiger partial charge in [-0.1, -0.05) is 30.3 Å². The molecule has 1 aliphatic heterocycles. The van der Waals surface area contributed by atoms with Gasteiger partial charge in [0, 0.05) is 16.8 Å². The molecule has 0 saturated carbocycles. The predicted octanol–water partition coefficient (Wildman–Crippen LogP) is 4.62. The number of hydrogen-bond donors (Lipinski definition) is 1. The molecule has 5 heteroatoms. The lowest BCUT2D eigenvalue weighted by molar-refractivity contribution is 0.0919. The van der Waals surface area contributed by atoms with Gasteiger partial charge in [0.05, 0.1) is 19.1 Å². The molecule has 1 aliphatic carbocycles. The molecular weight excluding hydrogens is 370 g/mol. The van der Waals surface area contributed by atoms with Crippen molar-refractivity contribution in [3.63, 3.8) is 0 Å². The number of carbonyl (C=O) groups is 1. The van der Waals surface area contributed by atoms with Crippen molar-refractivity contribution in [2.45, 2.75) is 24.8 Å². The van der Waals surface area contributed by atoms with Crippen LogP contribution >= 0.6 is 11.3 Å². The van der Waals surface area contributed by atoms with E-state index in [9.17, 15) is 4.79 Å². The molecule has 2 aromatic carbocycles. The molecule has 142 valence electrons. The highest BCUT2D eigenvalue weighted by Gasteiger charge is 2.40. The molecule has 1 amide bonds. The Morgan fingerprint density at radius 3 is 2.50 bits per heavy atom. The van der Waals surface area contributed by atoms with E-state index < -0.39 is 0 Å². The van der Waals surface area contributed by atoms with Crippen molar-refractivity contribution in [1.29, 1.82) is 0 Å². The molecule has 1 N–H and O–H groups in total. The molecule has 0 bridgehead atoms. The van der Waals surface area contributed by atoms with E-state index in [1.807, 2.05) is 18.2 Å². The van der Waals surface area contributed by atoms with Crippen LogP contribution in [-0.4, -0.2) is 26.2 Å². The van der Waals surface area contributed by atoms with Crippen molar-refractivity contribution >= 4 is 17.2 Å². The van der Waals surface area contributed by atoms with Crippen molar-refractivity contribution in [2.75, 3.05) is 14.2 Å². The second-order valence-electron chi connectivity index (χ2n) is 7.26. The predicted molar refractivity (Wildman–Crippen MR) is 111 cm³/mol. The number of methoxy groups -OCH3 is 2. The Balaban J connectivity index is 1.67. The van der Waals surface area contributed by atoms with E-state index in [1.54, 1.807) is 25.6 Å². The van der Waals surface area contributed by atoms with Crippen LogP contribution < -0.4 is 14.8 Å². The van der Waals surface area contributed by atoms with E-state index in [1.165, 1.54) is 11.1 Å². The summed E-state index contributed by atoms with van der Waals surface area (Å²) in [6.45, 7) is 0. The van der Waals surface area contributed by atoms with Crippen LogP contribution in [0.2, 0.25) is 0 Å². The van der Waals surface area contributed by atoms with Gasteiger partial charge in [-0.05, 0) is 53.3 Å². The van der Waals surface area contributed by atoms with Gasteiger partial charge in [-0.2, -0.15) is 0 Å². The minimum Gasteiger partial charge on any atom is -0.493 e. The highest BCUT2D eigenvalue weighted by molar-refractivity contribution is 7.17. The Bertz CT molecular complexity index is 1060. The maximum atomic E-state index is 12.8. The molecule has 0 radical (unpaired) electrons. The molecule has 0 spiro atoms. The highest BCUT2D eigenvalue weighted by Crippen LogP contribution is 2.47. The monoisotopic (exact) mass is 391 g/mol. The fraction of sp³-hybridized carbons (Fsp3) is 0.261. The summed E-state index contributed by atoms with van der Waals surface area (Å²) in [5.41, 5.74) is 4.78. The first-order valence-corrected chi connectivity index (χ1v) is 10.3. The average molecular weight is 391 g/mol. The molecule has 4 nitrogen and oxygen atoms in total. The Morgan fingerprint density at radius 2 is 1.75 bits per heavy atom. The van der Waals surface area contributed by atoms with Crippen LogP contribution in [0, 0.1) is 0 Å². The summed E-state index contributed by atoms with van der Waals surface area (Å²) in [5.74, 6) is 1.69. The Labute approximate surface area is 168 Å². The minimum atomic E-state index is 0.0485. The number of hydrogen-bond acceptors (Lipinski definition) is 4. The van der Waals surface area contributed by atoms with Gasteiger partial charge in [0.25, 0.3) is 5.91 Å². The molecule has 5 rings (SSSR count). The number of amides is 1. The molecule has 0 fully saturated rings. The summed E-state index contributed by atoms with van der Waals surface area (Å²) in [6.07, 6.45) is 1.84. The molecule has 0 saturated heterocycles. The number of carbonyl (C=O) groups excluding carboxylic acids is 1. The lowest BCUT2D eigenvalue weighted by atomic mass is 9.73. The fourth-order valence-corrected chi connectivity index (χ4v) is 5.58. The number of ether oxygens (including phenoxy) is 2. The smallest absolute Gasteiger partial charge is 0.261 e. The highest BCUT2D eigenvalue weighted by atomic mass is 32.1. The second kappa shape index (κ2) is 6.67. The normalized spacial score (nSPS) is 19.9. The Kier molecular flexibility index (Phi) is 4.13. The Morgan fingerprint density at radius 1 is 1.00 bits per heavy atom. The van der Waals surface area contributed by atoms with E-state index in [0.717, 1.165) is 45.2 Å². The molecule has 0 unspecified atom stereocenters. The number of rotatable bonds is 3. The summed E-state index contributed by atoms with van der Waals surface area (Å²) >= 11 is 1.58. The lowest BCUT2D eigenvalue weighted by Gasteiger charge is -2.38. The fourth-order valence-electron chi connectivity index (χ4n) is 4.47. The maximum Gasteiger partial charge on any atom is 0.261 e. The van der Waals surface area contributed by atoms with Crippen molar-refractivity contribution in [3.8, 4) is 21.9 Å².